The number of hydrogen-bond donors (Lipinski definition) is 2. The molecule has 102 valence electrons. The molecule has 6 nitrogen and oxygen atoms in total. The van der Waals surface area contributed by atoms with Gasteiger partial charge in [0.2, 0.25) is 0 Å². The van der Waals surface area contributed by atoms with Crippen molar-refractivity contribution in [3.05, 3.63) is 23.2 Å². The van der Waals surface area contributed by atoms with E-state index in [2.05, 4.69) is 10.3 Å². The molecule has 2 rings (SSSR count). The minimum Gasteiger partial charge on any atom is -0.476 e. The molecule has 0 saturated heterocycles. The van der Waals surface area contributed by atoms with Gasteiger partial charge in [0.05, 0.1) is 17.5 Å². The van der Waals surface area contributed by atoms with Gasteiger partial charge < -0.3 is 10.2 Å². The first-order valence-electron chi connectivity index (χ1n) is 5.89. The Bertz CT molecular complexity index is 563. The van der Waals surface area contributed by atoms with Gasteiger partial charge in [-0.05, 0) is 17.4 Å². The zero-order valence-electron chi connectivity index (χ0n) is 10.6. The fraction of sp³-hybridized carbons (Fsp3) is 0.417. The van der Waals surface area contributed by atoms with Crippen molar-refractivity contribution in [1.82, 2.24) is 15.0 Å². The first-order chi connectivity index (χ1) is 9.00. The van der Waals surface area contributed by atoms with Crippen LogP contribution in [0, 0.1) is 5.92 Å². The van der Waals surface area contributed by atoms with E-state index >= 15 is 0 Å². The average molecular weight is 281 g/mol. The van der Waals surface area contributed by atoms with Crippen molar-refractivity contribution >= 4 is 17.3 Å². The van der Waals surface area contributed by atoms with E-state index in [0.29, 0.717) is 5.69 Å². The van der Waals surface area contributed by atoms with E-state index in [0.717, 1.165) is 4.88 Å². The molecule has 2 aromatic heterocycles. The minimum absolute atomic E-state index is 0.0636. The summed E-state index contributed by atoms with van der Waals surface area (Å²) in [6, 6.07) is 3.65. The molecule has 0 aliphatic heterocycles. The summed E-state index contributed by atoms with van der Waals surface area (Å²) in [5.41, 5.74) is 0.362. The van der Waals surface area contributed by atoms with Gasteiger partial charge >= 0.3 is 5.97 Å². The second-order valence-electron chi connectivity index (χ2n) is 4.56. The molecule has 0 aromatic carbocycles. The molecule has 2 N–H and O–H groups in total. The first-order valence-corrected chi connectivity index (χ1v) is 6.77. The van der Waals surface area contributed by atoms with E-state index in [4.69, 9.17) is 5.11 Å². The van der Waals surface area contributed by atoms with Crippen LogP contribution in [0.15, 0.2) is 17.5 Å². The summed E-state index contributed by atoms with van der Waals surface area (Å²) in [5, 5.41) is 28.5. The molecule has 0 aliphatic carbocycles. The Kier molecular flexibility index (Phi) is 3.96. The smallest absolute Gasteiger partial charge is 0.358 e. The Labute approximate surface area is 114 Å². The summed E-state index contributed by atoms with van der Waals surface area (Å²) in [6.45, 7) is 4.01. The van der Waals surface area contributed by atoms with Crippen LogP contribution in [0.3, 0.4) is 0 Å². The quantitative estimate of drug-likeness (QED) is 0.871. The Morgan fingerprint density at radius 2 is 2.26 bits per heavy atom. The Morgan fingerprint density at radius 3 is 2.79 bits per heavy atom. The summed E-state index contributed by atoms with van der Waals surface area (Å²) in [4.78, 5) is 12.0. The van der Waals surface area contributed by atoms with E-state index < -0.39 is 12.1 Å². The SMILES string of the molecule is CC(C)C(O)Cn1nnc(C(=O)O)c1-c1cccs1. The first kappa shape index (κ1) is 13.7. The highest BCUT2D eigenvalue weighted by atomic mass is 32.1. The molecular formula is C12H15N3O3S. The second kappa shape index (κ2) is 5.50. The van der Waals surface area contributed by atoms with Crippen LogP contribution < -0.4 is 0 Å². The third-order valence-corrected chi connectivity index (χ3v) is 3.70. The van der Waals surface area contributed by atoms with Gasteiger partial charge in [0, 0.05) is 0 Å². The molecule has 0 amide bonds. The van der Waals surface area contributed by atoms with Crippen molar-refractivity contribution in [3.8, 4) is 10.6 Å². The fourth-order valence-corrected chi connectivity index (χ4v) is 2.40. The summed E-state index contributed by atoms with van der Waals surface area (Å²) < 4.78 is 1.46. The number of carbonyl (C=O) groups is 1. The molecule has 0 radical (unpaired) electrons. The standard InChI is InChI=1S/C12H15N3O3S/c1-7(2)8(16)6-15-11(9-4-3-5-19-9)10(12(17)18)13-14-15/h3-5,7-8,16H,6H2,1-2H3,(H,17,18). The number of carboxylic acid groups (broad SMARTS) is 1. The number of thiophene rings is 1. The highest BCUT2D eigenvalue weighted by molar-refractivity contribution is 7.13. The molecule has 1 unspecified atom stereocenters. The van der Waals surface area contributed by atoms with Crippen LogP contribution in [-0.4, -0.2) is 37.3 Å². The molecule has 0 fully saturated rings. The lowest BCUT2D eigenvalue weighted by Crippen LogP contribution is -2.23. The van der Waals surface area contributed by atoms with Gasteiger partial charge in [-0.2, -0.15) is 0 Å². The predicted molar refractivity (Wildman–Crippen MR) is 71.1 cm³/mol. The fourth-order valence-electron chi connectivity index (χ4n) is 1.63. The Hall–Kier alpha value is -1.73. The number of aliphatic hydroxyl groups excluding tert-OH is 1. The van der Waals surface area contributed by atoms with Crippen molar-refractivity contribution < 1.29 is 15.0 Å². The van der Waals surface area contributed by atoms with Crippen molar-refractivity contribution in [3.63, 3.8) is 0 Å². The van der Waals surface area contributed by atoms with Crippen LogP contribution >= 0.6 is 11.3 Å². The van der Waals surface area contributed by atoms with Crippen molar-refractivity contribution in [2.75, 3.05) is 0 Å². The van der Waals surface area contributed by atoms with Gasteiger partial charge in [-0.15, -0.1) is 16.4 Å². The lowest BCUT2D eigenvalue weighted by molar-refractivity contribution is 0.0691. The molecule has 2 heterocycles. The lowest BCUT2D eigenvalue weighted by atomic mass is 10.1. The molecule has 0 aliphatic rings. The molecule has 0 saturated carbocycles. The maximum atomic E-state index is 11.2. The number of aromatic nitrogens is 3. The predicted octanol–water partition coefficient (Wildman–Crippen LogP) is 1.72. The Balaban J connectivity index is 2.42. The minimum atomic E-state index is -1.12. The topological polar surface area (TPSA) is 88.2 Å². The number of aliphatic hydroxyl groups is 1. The summed E-state index contributed by atoms with van der Waals surface area (Å²) in [6.07, 6.45) is -0.595. The third kappa shape index (κ3) is 2.82. The van der Waals surface area contributed by atoms with Gasteiger partial charge in [0.1, 0.15) is 5.69 Å². The van der Waals surface area contributed by atoms with Gasteiger partial charge in [-0.1, -0.05) is 25.1 Å². The highest BCUT2D eigenvalue weighted by Crippen LogP contribution is 2.27. The van der Waals surface area contributed by atoms with E-state index in [9.17, 15) is 9.90 Å². The maximum Gasteiger partial charge on any atom is 0.358 e. The molecule has 2 aromatic rings. The second-order valence-corrected chi connectivity index (χ2v) is 5.51. The van der Waals surface area contributed by atoms with Crippen LogP contribution in [0.4, 0.5) is 0 Å². The number of nitrogens with zero attached hydrogens (tertiary/aromatic N) is 3. The molecule has 0 spiro atoms. The summed E-state index contributed by atoms with van der Waals surface area (Å²) in [7, 11) is 0. The van der Waals surface area contributed by atoms with Gasteiger partial charge in [0.15, 0.2) is 5.69 Å². The van der Waals surface area contributed by atoms with E-state index in [1.54, 1.807) is 0 Å². The molecule has 7 heteroatoms. The number of carboxylic acids is 1. The zero-order valence-corrected chi connectivity index (χ0v) is 11.5. The molecular weight excluding hydrogens is 266 g/mol. The molecule has 19 heavy (non-hydrogen) atoms. The Morgan fingerprint density at radius 1 is 1.53 bits per heavy atom. The van der Waals surface area contributed by atoms with Crippen LogP contribution in [0.25, 0.3) is 10.6 Å². The van der Waals surface area contributed by atoms with E-state index in [1.165, 1.54) is 16.0 Å². The number of hydrogen-bond acceptors (Lipinski definition) is 5. The lowest BCUT2D eigenvalue weighted by Gasteiger charge is -2.15. The van der Waals surface area contributed by atoms with E-state index in [1.807, 2.05) is 31.4 Å². The van der Waals surface area contributed by atoms with E-state index in [-0.39, 0.29) is 18.2 Å². The van der Waals surface area contributed by atoms with Gasteiger partial charge in [0.25, 0.3) is 0 Å². The molecule has 0 bridgehead atoms. The summed E-state index contributed by atoms with van der Waals surface area (Å²) >= 11 is 1.42. The van der Waals surface area contributed by atoms with Crippen LogP contribution in [0.5, 0.6) is 0 Å². The van der Waals surface area contributed by atoms with Gasteiger partial charge in [-0.25, -0.2) is 9.48 Å². The van der Waals surface area contributed by atoms with Crippen molar-refractivity contribution in [2.24, 2.45) is 5.92 Å². The van der Waals surface area contributed by atoms with Crippen molar-refractivity contribution in [2.45, 2.75) is 26.5 Å². The monoisotopic (exact) mass is 281 g/mol. The normalized spacial score (nSPS) is 12.8. The van der Waals surface area contributed by atoms with Crippen LogP contribution in [0.1, 0.15) is 24.3 Å². The largest absolute Gasteiger partial charge is 0.476 e. The van der Waals surface area contributed by atoms with Crippen LogP contribution in [0.2, 0.25) is 0 Å². The maximum absolute atomic E-state index is 11.2. The van der Waals surface area contributed by atoms with Gasteiger partial charge in [-0.3, -0.25) is 0 Å². The number of rotatable bonds is 5. The summed E-state index contributed by atoms with van der Waals surface area (Å²) in [5.74, 6) is -1.05. The average Bonchev–Trinajstić information content (AvgIpc) is 2.95. The number of aromatic carboxylic acids is 1. The highest BCUT2D eigenvalue weighted by Gasteiger charge is 2.23. The molecule has 1 atom stereocenters. The van der Waals surface area contributed by atoms with Crippen LogP contribution in [-0.2, 0) is 6.54 Å². The zero-order chi connectivity index (χ0) is 14.0. The van der Waals surface area contributed by atoms with Crippen molar-refractivity contribution in [1.29, 1.82) is 0 Å². The third-order valence-electron chi connectivity index (χ3n) is 2.82.